The van der Waals surface area contributed by atoms with Crippen molar-refractivity contribution < 1.29 is 31.1 Å². The Morgan fingerprint density at radius 3 is 2.07 bits per heavy atom. The Balaban J connectivity index is 2.09. The molecule has 0 radical (unpaired) electrons. The number of alkyl halides is 6. The van der Waals surface area contributed by atoms with Gasteiger partial charge in [0.05, 0.1) is 17.2 Å². The van der Waals surface area contributed by atoms with Crippen LogP contribution in [-0.2, 0) is 12.4 Å². The van der Waals surface area contributed by atoms with Gasteiger partial charge in [-0.2, -0.15) is 26.3 Å². The average molecular weight is 443 g/mol. The van der Waals surface area contributed by atoms with Gasteiger partial charge in [0.1, 0.15) is 0 Å². The Kier molecular flexibility index (Phi) is 7.14. The van der Waals surface area contributed by atoms with E-state index in [1.54, 1.807) is 0 Å². The number of carbonyl (C=O) groups is 1. The van der Waals surface area contributed by atoms with E-state index in [2.05, 4.69) is 9.71 Å². The van der Waals surface area contributed by atoms with E-state index in [0.29, 0.717) is 25.0 Å². The van der Waals surface area contributed by atoms with Gasteiger partial charge in [-0.25, -0.2) is 9.79 Å². The summed E-state index contributed by atoms with van der Waals surface area (Å²) < 4.78 is 79.6. The summed E-state index contributed by atoms with van der Waals surface area (Å²) in [5.74, 6) is -0.101. The summed E-state index contributed by atoms with van der Waals surface area (Å²) in [4.78, 5) is 16.1. The van der Waals surface area contributed by atoms with Gasteiger partial charge in [0.15, 0.2) is 5.96 Å². The first-order valence-electron chi connectivity index (χ1n) is 8.47. The van der Waals surface area contributed by atoms with Gasteiger partial charge in [-0.15, -0.1) is 0 Å². The largest absolute Gasteiger partial charge is 0.416 e. The van der Waals surface area contributed by atoms with Crippen LogP contribution >= 0.6 is 11.9 Å². The Morgan fingerprint density at radius 1 is 1.00 bits per heavy atom. The lowest BCUT2D eigenvalue weighted by Gasteiger charge is -2.28. The molecule has 0 spiro atoms. The van der Waals surface area contributed by atoms with E-state index in [1.807, 2.05) is 5.32 Å². The van der Waals surface area contributed by atoms with Crippen molar-refractivity contribution in [3.8, 4) is 0 Å². The zero-order valence-corrected chi connectivity index (χ0v) is 15.7. The number of hydrogen-bond donors (Lipinski definition) is 4. The van der Waals surface area contributed by atoms with E-state index < -0.39 is 35.2 Å². The maximum Gasteiger partial charge on any atom is 0.416 e. The van der Waals surface area contributed by atoms with Crippen LogP contribution in [0, 0.1) is 0 Å². The third kappa shape index (κ3) is 6.91. The number of guanidine groups is 1. The van der Waals surface area contributed by atoms with E-state index in [4.69, 9.17) is 11.5 Å². The monoisotopic (exact) mass is 443 g/mol. The highest BCUT2D eigenvalue weighted by Crippen LogP contribution is 2.37. The second kappa shape index (κ2) is 9.01. The normalized spacial score (nSPS) is 20.1. The summed E-state index contributed by atoms with van der Waals surface area (Å²) in [6.07, 6.45) is -6.85. The molecule has 13 heteroatoms. The van der Waals surface area contributed by atoms with Crippen LogP contribution in [0.25, 0.3) is 0 Å². The lowest BCUT2D eigenvalue weighted by atomic mass is 9.95. The molecule has 1 aliphatic rings. The molecule has 1 aromatic carbocycles. The zero-order valence-electron chi connectivity index (χ0n) is 14.9. The van der Waals surface area contributed by atoms with Crippen LogP contribution in [0.2, 0.25) is 0 Å². The number of nitrogens with two attached hydrogens (primary N) is 2. The summed E-state index contributed by atoms with van der Waals surface area (Å²) in [6, 6.07) is -0.356. The van der Waals surface area contributed by atoms with Gasteiger partial charge in [-0.3, -0.25) is 4.72 Å². The van der Waals surface area contributed by atoms with E-state index >= 15 is 0 Å². The van der Waals surface area contributed by atoms with Gasteiger partial charge in [0, 0.05) is 10.9 Å². The number of nitrogens with zero attached hydrogens (tertiary/aromatic N) is 1. The summed E-state index contributed by atoms with van der Waals surface area (Å²) in [7, 11) is 0. The molecule has 1 fully saturated rings. The number of aliphatic imine (C=N–C) groups is 1. The molecule has 162 valence electrons. The van der Waals surface area contributed by atoms with Crippen molar-refractivity contribution in [1.82, 2.24) is 4.72 Å². The van der Waals surface area contributed by atoms with Crippen molar-refractivity contribution >= 4 is 29.6 Å². The zero-order chi connectivity index (χ0) is 21.8. The van der Waals surface area contributed by atoms with Gasteiger partial charge in [-0.05, 0) is 43.0 Å². The highest BCUT2D eigenvalue weighted by molar-refractivity contribution is 7.98. The van der Waals surface area contributed by atoms with Crippen molar-refractivity contribution in [2.24, 2.45) is 16.5 Å². The average Bonchev–Trinajstić information content (AvgIpc) is 2.58. The first kappa shape index (κ1) is 23.0. The van der Waals surface area contributed by atoms with E-state index in [9.17, 15) is 31.1 Å². The van der Waals surface area contributed by atoms with Crippen molar-refractivity contribution in [2.75, 3.05) is 5.32 Å². The minimum Gasteiger partial charge on any atom is -0.370 e. The predicted molar refractivity (Wildman–Crippen MR) is 98.0 cm³/mol. The lowest BCUT2D eigenvalue weighted by Crippen LogP contribution is -2.35. The maximum atomic E-state index is 12.9. The van der Waals surface area contributed by atoms with Crippen molar-refractivity contribution in [2.45, 2.75) is 49.3 Å². The number of carbonyl (C=O) groups excluding carboxylic acids is 1. The molecule has 6 nitrogen and oxygen atoms in total. The fourth-order valence-corrected chi connectivity index (χ4v) is 3.81. The minimum atomic E-state index is -5.00. The second-order valence-corrected chi connectivity index (χ2v) is 7.46. The third-order valence-electron chi connectivity index (χ3n) is 4.13. The third-order valence-corrected chi connectivity index (χ3v) is 5.29. The fourth-order valence-electron chi connectivity index (χ4n) is 2.87. The number of benzene rings is 1. The number of rotatable bonds is 4. The second-order valence-electron chi connectivity index (χ2n) is 6.41. The van der Waals surface area contributed by atoms with E-state index in [1.165, 1.54) is 0 Å². The van der Waals surface area contributed by atoms with Gasteiger partial charge < -0.3 is 16.8 Å². The summed E-state index contributed by atoms with van der Waals surface area (Å²) in [5, 5.41) is 1.83. The highest BCUT2D eigenvalue weighted by Gasteiger charge is 2.37. The summed E-state index contributed by atoms with van der Waals surface area (Å²) in [6.45, 7) is 0. The van der Waals surface area contributed by atoms with E-state index in [0.717, 1.165) is 24.8 Å². The molecule has 0 aliphatic heterocycles. The first-order valence-corrected chi connectivity index (χ1v) is 9.35. The molecule has 0 heterocycles. The van der Waals surface area contributed by atoms with Crippen molar-refractivity contribution in [1.29, 1.82) is 0 Å². The fraction of sp³-hybridized carbons (Fsp3) is 0.500. The molecule has 1 aliphatic carbocycles. The lowest BCUT2D eigenvalue weighted by molar-refractivity contribution is -0.143. The molecule has 0 bridgehead atoms. The smallest absolute Gasteiger partial charge is 0.370 e. The van der Waals surface area contributed by atoms with Crippen LogP contribution < -0.4 is 21.5 Å². The number of amides is 2. The molecule has 29 heavy (non-hydrogen) atoms. The van der Waals surface area contributed by atoms with Crippen LogP contribution in [0.3, 0.4) is 0 Å². The topological polar surface area (TPSA) is 106 Å². The first-order chi connectivity index (χ1) is 13.4. The van der Waals surface area contributed by atoms with Crippen molar-refractivity contribution in [3.63, 3.8) is 0 Å². The Hall–Kier alpha value is -2.31. The number of halogens is 6. The van der Waals surface area contributed by atoms with Gasteiger partial charge in [0.25, 0.3) is 0 Å². The molecule has 0 aromatic heterocycles. The highest BCUT2D eigenvalue weighted by atomic mass is 32.2. The van der Waals surface area contributed by atoms with Crippen LogP contribution in [0.5, 0.6) is 0 Å². The molecule has 0 saturated heterocycles. The van der Waals surface area contributed by atoms with Crippen LogP contribution in [0.4, 0.5) is 36.8 Å². The Labute approximate surface area is 166 Å². The molecule has 2 amide bonds. The Morgan fingerprint density at radius 2 is 1.55 bits per heavy atom. The Bertz CT molecular complexity index is 731. The van der Waals surface area contributed by atoms with Crippen LogP contribution in [-0.4, -0.2) is 23.3 Å². The van der Waals surface area contributed by atoms with Crippen molar-refractivity contribution in [3.05, 3.63) is 29.3 Å². The molecular formula is C16H19F6N5OS. The molecule has 2 atom stereocenters. The van der Waals surface area contributed by atoms with Gasteiger partial charge >= 0.3 is 18.4 Å². The molecule has 6 N–H and O–H groups in total. The predicted octanol–water partition coefficient (Wildman–Crippen LogP) is 4.08. The number of anilines is 1. The molecular weight excluding hydrogens is 424 g/mol. The number of urea groups is 1. The SMILES string of the molecule is NC(N)=N[C@@H]1CCCC[C@H]1SNC(=O)Nc1cc(C(F)(F)F)cc(C(F)(F)F)c1. The molecule has 1 saturated carbocycles. The number of nitrogens with one attached hydrogen (secondary N) is 2. The molecule has 1 aromatic rings. The number of hydrogen-bond acceptors (Lipinski definition) is 3. The minimum absolute atomic E-state index is 0.0142. The summed E-state index contributed by atoms with van der Waals surface area (Å²) in [5.41, 5.74) is 7.09. The summed E-state index contributed by atoms with van der Waals surface area (Å²) >= 11 is 0.970. The van der Waals surface area contributed by atoms with Crippen LogP contribution in [0.15, 0.2) is 23.2 Å². The standard InChI is InChI=1S/C16H19F6N5OS/c17-15(18,19)8-5-9(16(20,21)22)7-10(6-8)25-14(28)27-29-12-4-2-1-3-11(12)26-13(23)24/h5-7,11-12H,1-4H2,(H4,23,24,26)(H2,25,27,28)/t11-,12-/m1/s1. The van der Waals surface area contributed by atoms with Gasteiger partial charge in [-0.1, -0.05) is 12.8 Å². The molecule has 0 unspecified atom stereocenters. The molecule has 2 rings (SSSR count). The quantitative estimate of drug-likeness (QED) is 0.244. The maximum absolute atomic E-state index is 12.9. The van der Waals surface area contributed by atoms with Crippen LogP contribution in [0.1, 0.15) is 36.8 Å². The van der Waals surface area contributed by atoms with E-state index in [-0.39, 0.29) is 23.3 Å². The van der Waals surface area contributed by atoms with Gasteiger partial charge in [0.2, 0.25) is 0 Å².